The van der Waals surface area contributed by atoms with Crippen molar-refractivity contribution in [1.82, 2.24) is 19.1 Å². The normalized spacial score (nSPS) is 14.5. The number of hydrogen-bond acceptors (Lipinski definition) is 4. The molecule has 6 nitrogen and oxygen atoms in total. The first-order chi connectivity index (χ1) is 14.4. The number of ether oxygens (including phenoxy) is 1. The van der Waals surface area contributed by atoms with Gasteiger partial charge in [0.2, 0.25) is 0 Å². The number of piperidine rings is 1. The number of nitrogens with zero attached hydrogens (tertiary/aromatic N) is 4. The molecule has 1 aliphatic rings. The fourth-order valence-electron chi connectivity index (χ4n) is 4.30. The zero-order valence-corrected chi connectivity index (χ0v) is 18.3. The first-order valence-corrected chi connectivity index (χ1v) is 10.7. The summed E-state index contributed by atoms with van der Waals surface area (Å²) in [6, 6.07) is 6.01. The number of pyridine rings is 1. The molecule has 1 saturated heterocycles. The van der Waals surface area contributed by atoms with E-state index in [-0.39, 0.29) is 12.1 Å². The van der Waals surface area contributed by atoms with E-state index in [2.05, 4.69) is 33.2 Å². The number of aromatic nitrogens is 3. The molecule has 0 amide bonds. The summed E-state index contributed by atoms with van der Waals surface area (Å²) in [5.41, 5.74) is 6.45. The van der Waals surface area contributed by atoms with Crippen LogP contribution in [0.15, 0.2) is 37.2 Å². The molecule has 4 heterocycles. The van der Waals surface area contributed by atoms with Crippen LogP contribution in [0.3, 0.4) is 0 Å². The molecule has 3 aromatic heterocycles. The van der Waals surface area contributed by atoms with E-state index in [0.29, 0.717) is 5.56 Å². The van der Waals surface area contributed by atoms with E-state index in [9.17, 15) is 4.79 Å². The molecule has 4 rings (SSSR count). The number of aryl methyl sites for hydroxylation is 1. The predicted molar refractivity (Wildman–Crippen MR) is 119 cm³/mol. The van der Waals surface area contributed by atoms with Gasteiger partial charge in [-0.2, -0.15) is 5.10 Å². The average molecular weight is 407 g/mol. The third-order valence-corrected chi connectivity index (χ3v) is 5.83. The van der Waals surface area contributed by atoms with Gasteiger partial charge in [0.05, 0.1) is 28.8 Å². The standard InChI is InChI=1S/C24H30N4O2/c1-16(2)30-24(29)21-14-20-13-19(22-9-10-25-26(22)5)15-28(20)23(17(21)3)18(4)27-11-7-6-8-12-27/h9-10,13-16H,4,6-8,11-12H2,1-3,5H3. The molecule has 158 valence electrons. The number of esters is 1. The van der Waals surface area contributed by atoms with E-state index in [1.807, 2.05) is 44.6 Å². The van der Waals surface area contributed by atoms with Crippen molar-refractivity contribution in [1.29, 1.82) is 0 Å². The largest absolute Gasteiger partial charge is 0.459 e. The first-order valence-electron chi connectivity index (χ1n) is 10.7. The highest BCUT2D eigenvalue weighted by atomic mass is 16.5. The van der Waals surface area contributed by atoms with Crippen molar-refractivity contribution < 1.29 is 9.53 Å². The van der Waals surface area contributed by atoms with E-state index in [4.69, 9.17) is 4.74 Å². The van der Waals surface area contributed by atoms with Crippen LogP contribution in [0.2, 0.25) is 0 Å². The number of rotatable bonds is 5. The summed E-state index contributed by atoms with van der Waals surface area (Å²) < 4.78 is 9.55. The smallest absolute Gasteiger partial charge is 0.338 e. The molecule has 0 N–H and O–H groups in total. The Morgan fingerprint density at radius 1 is 1.20 bits per heavy atom. The Kier molecular flexibility index (Phi) is 5.41. The molecule has 0 radical (unpaired) electrons. The molecule has 1 fully saturated rings. The van der Waals surface area contributed by atoms with Crippen molar-refractivity contribution in [2.45, 2.75) is 46.1 Å². The van der Waals surface area contributed by atoms with Gasteiger partial charge in [0.15, 0.2) is 0 Å². The van der Waals surface area contributed by atoms with Crippen LogP contribution < -0.4 is 0 Å². The summed E-state index contributed by atoms with van der Waals surface area (Å²) in [4.78, 5) is 15.2. The Hall–Kier alpha value is -3.02. The molecule has 0 atom stereocenters. The van der Waals surface area contributed by atoms with Gasteiger partial charge in [-0.05, 0) is 63.8 Å². The zero-order chi connectivity index (χ0) is 21.4. The molecule has 0 bridgehead atoms. The number of hydrogen-bond donors (Lipinski definition) is 0. The van der Waals surface area contributed by atoms with Crippen molar-refractivity contribution in [3.8, 4) is 11.3 Å². The second-order valence-corrected chi connectivity index (χ2v) is 8.34. The molecule has 0 aliphatic carbocycles. The maximum absolute atomic E-state index is 12.9. The number of likely N-dealkylation sites (tertiary alicyclic amines) is 1. The Morgan fingerprint density at radius 3 is 2.57 bits per heavy atom. The molecule has 0 aromatic carbocycles. The first kappa shape index (κ1) is 20.3. The Morgan fingerprint density at radius 2 is 1.93 bits per heavy atom. The molecular formula is C24H30N4O2. The second kappa shape index (κ2) is 8.01. The maximum atomic E-state index is 12.9. The van der Waals surface area contributed by atoms with Gasteiger partial charge >= 0.3 is 5.97 Å². The van der Waals surface area contributed by atoms with E-state index >= 15 is 0 Å². The third kappa shape index (κ3) is 3.62. The van der Waals surface area contributed by atoms with Gasteiger partial charge < -0.3 is 14.0 Å². The predicted octanol–water partition coefficient (Wildman–Crippen LogP) is 4.67. The Bertz CT molecular complexity index is 1100. The summed E-state index contributed by atoms with van der Waals surface area (Å²) in [7, 11) is 1.93. The molecule has 1 aliphatic heterocycles. The molecule has 6 heteroatoms. The minimum Gasteiger partial charge on any atom is -0.459 e. The van der Waals surface area contributed by atoms with Crippen molar-refractivity contribution >= 4 is 17.2 Å². The lowest BCUT2D eigenvalue weighted by Gasteiger charge is -2.32. The second-order valence-electron chi connectivity index (χ2n) is 8.34. The van der Waals surface area contributed by atoms with Crippen molar-refractivity contribution in [3.05, 3.63) is 54.0 Å². The van der Waals surface area contributed by atoms with Gasteiger partial charge in [-0.15, -0.1) is 0 Å². The van der Waals surface area contributed by atoms with Gasteiger partial charge in [-0.3, -0.25) is 4.68 Å². The van der Waals surface area contributed by atoms with Crippen molar-refractivity contribution in [2.24, 2.45) is 7.05 Å². The molecule has 30 heavy (non-hydrogen) atoms. The summed E-state index contributed by atoms with van der Waals surface area (Å²) in [6.07, 6.45) is 7.33. The lowest BCUT2D eigenvalue weighted by molar-refractivity contribution is 0.0377. The SMILES string of the molecule is C=C(c1c(C)c(C(=O)OC(C)C)cc2cc(-c3ccnn3C)cn12)N1CCCCC1. The van der Waals surface area contributed by atoms with E-state index in [0.717, 1.165) is 46.8 Å². The van der Waals surface area contributed by atoms with Crippen LogP contribution in [0, 0.1) is 6.92 Å². The van der Waals surface area contributed by atoms with Gasteiger partial charge in [0.1, 0.15) is 0 Å². The fourth-order valence-corrected chi connectivity index (χ4v) is 4.30. The average Bonchev–Trinajstić information content (AvgIpc) is 3.32. The third-order valence-electron chi connectivity index (χ3n) is 5.83. The van der Waals surface area contributed by atoms with Gasteiger partial charge in [0.25, 0.3) is 0 Å². The molecular weight excluding hydrogens is 376 g/mol. The van der Waals surface area contributed by atoms with Crippen LogP contribution in [0.25, 0.3) is 22.5 Å². The van der Waals surface area contributed by atoms with Gasteiger partial charge in [-0.1, -0.05) is 6.58 Å². The Balaban J connectivity index is 1.89. The van der Waals surface area contributed by atoms with Crippen molar-refractivity contribution in [3.63, 3.8) is 0 Å². The van der Waals surface area contributed by atoms with E-state index in [1.54, 1.807) is 6.20 Å². The Labute approximate surface area is 177 Å². The van der Waals surface area contributed by atoms with Crippen LogP contribution in [-0.4, -0.2) is 44.2 Å². The van der Waals surface area contributed by atoms with E-state index in [1.165, 1.54) is 19.3 Å². The summed E-state index contributed by atoms with van der Waals surface area (Å²) in [5, 5.41) is 4.30. The molecule has 0 saturated carbocycles. The number of carbonyl (C=O) groups is 1. The summed E-state index contributed by atoms with van der Waals surface area (Å²) >= 11 is 0. The highest BCUT2D eigenvalue weighted by Gasteiger charge is 2.23. The molecule has 0 spiro atoms. The van der Waals surface area contributed by atoms with Crippen LogP contribution in [-0.2, 0) is 11.8 Å². The monoisotopic (exact) mass is 406 g/mol. The van der Waals surface area contributed by atoms with Crippen LogP contribution in [0.4, 0.5) is 0 Å². The zero-order valence-electron chi connectivity index (χ0n) is 18.3. The van der Waals surface area contributed by atoms with Gasteiger partial charge in [0, 0.05) is 43.6 Å². The maximum Gasteiger partial charge on any atom is 0.338 e. The molecule has 0 unspecified atom stereocenters. The number of carbonyl (C=O) groups excluding carboxylic acids is 1. The lowest BCUT2D eigenvalue weighted by atomic mass is 10.0. The lowest BCUT2D eigenvalue weighted by Crippen LogP contribution is -2.29. The topological polar surface area (TPSA) is 51.8 Å². The van der Waals surface area contributed by atoms with Gasteiger partial charge in [-0.25, -0.2) is 4.79 Å². The van der Waals surface area contributed by atoms with Crippen molar-refractivity contribution in [2.75, 3.05) is 13.1 Å². The number of fused-ring (bicyclic) bond motifs is 1. The van der Waals surface area contributed by atoms with Crippen LogP contribution in [0.1, 0.15) is 54.7 Å². The highest BCUT2D eigenvalue weighted by Crippen LogP contribution is 2.32. The van der Waals surface area contributed by atoms with Crippen LogP contribution >= 0.6 is 0 Å². The summed E-state index contributed by atoms with van der Waals surface area (Å²) in [5.74, 6) is -0.291. The highest BCUT2D eigenvalue weighted by molar-refractivity contribution is 5.94. The minimum absolute atomic E-state index is 0.168. The molecule has 3 aromatic rings. The fraction of sp³-hybridized carbons (Fsp3) is 0.417. The summed E-state index contributed by atoms with van der Waals surface area (Å²) in [6.45, 7) is 12.2. The minimum atomic E-state index is -0.291. The van der Waals surface area contributed by atoms with E-state index < -0.39 is 0 Å². The van der Waals surface area contributed by atoms with Crippen LogP contribution in [0.5, 0.6) is 0 Å². The quantitative estimate of drug-likeness (QED) is 0.578.